The standard InChI is InChI=1S/C30H27N2O.C22H32GeN.Ir/c1-30(2,21-11-6-7-12-21)22-17-18-31-27(19-22)25-14-8-13-23-24-15-16-26(20-9-4-3-5-10-20)32-29(24)33-28(23)25;1-16(2)12-18-14-21(24-15-20(18)23(6,7)8)17-10-9-11-19(13-17)22(3,4)5;/h3-5,8-10,13,15-19,21H,6-7,11-12H2,1-2H3;9,11,13-16H,12H2,1-8H3;/q2*-1;. The van der Waals surface area contributed by atoms with Gasteiger partial charge in [-0.1, -0.05) is 74.0 Å². The Hall–Kier alpha value is -3.90. The molecule has 0 amide bonds. The molecule has 1 radical (unpaired) electrons. The van der Waals surface area contributed by atoms with Gasteiger partial charge in [0.05, 0.1) is 11.3 Å². The van der Waals surface area contributed by atoms with E-state index in [4.69, 9.17) is 19.4 Å². The molecule has 3 aromatic carbocycles. The molecule has 6 heteroatoms. The molecular weight excluding hydrogens is 947 g/mol. The number of furan rings is 1. The van der Waals surface area contributed by atoms with Crippen LogP contribution in [0.5, 0.6) is 0 Å². The minimum Gasteiger partial charge on any atom is 0 e. The zero-order chi connectivity index (χ0) is 40.5. The summed E-state index contributed by atoms with van der Waals surface area (Å²) in [6.45, 7) is 16.1. The zero-order valence-electron chi connectivity index (χ0n) is 36.1. The molecule has 1 aliphatic rings. The molecule has 0 spiro atoms. The van der Waals surface area contributed by atoms with Crippen molar-refractivity contribution in [3.63, 3.8) is 0 Å². The first-order valence-electron chi connectivity index (χ1n) is 20.9. The van der Waals surface area contributed by atoms with E-state index in [0.717, 1.165) is 62.5 Å². The number of fused-ring (bicyclic) bond motifs is 3. The number of rotatable bonds is 8. The van der Waals surface area contributed by atoms with E-state index in [-0.39, 0.29) is 30.9 Å². The quantitative estimate of drug-likeness (QED) is 0.112. The van der Waals surface area contributed by atoms with Crippen LogP contribution in [0.1, 0.15) is 90.8 Å². The molecule has 8 rings (SSSR count). The molecule has 4 heterocycles. The maximum Gasteiger partial charge on any atom is 0 e. The summed E-state index contributed by atoms with van der Waals surface area (Å²) in [5, 5.41) is 2.07. The van der Waals surface area contributed by atoms with Crippen molar-refractivity contribution in [3.8, 4) is 33.8 Å². The number of nitrogens with zero attached hydrogens (tertiary/aromatic N) is 3. The third-order valence-electron chi connectivity index (χ3n) is 11.9. The minimum absolute atomic E-state index is 0. The van der Waals surface area contributed by atoms with E-state index in [9.17, 15) is 0 Å². The van der Waals surface area contributed by atoms with Gasteiger partial charge in [0.15, 0.2) is 0 Å². The molecule has 1 saturated carbocycles. The van der Waals surface area contributed by atoms with Gasteiger partial charge in [0.1, 0.15) is 0 Å². The van der Waals surface area contributed by atoms with E-state index in [1.54, 1.807) is 4.40 Å². The number of hydrogen-bond donors (Lipinski definition) is 0. The summed E-state index contributed by atoms with van der Waals surface area (Å²) >= 11 is -1.91. The van der Waals surface area contributed by atoms with Crippen LogP contribution in [0.4, 0.5) is 0 Å². The Morgan fingerprint density at radius 2 is 1.48 bits per heavy atom. The van der Waals surface area contributed by atoms with Gasteiger partial charge in [-0.15, -0.1) is 18.2 Å². The summed E-state index contributed by atoms with van der Waals surface area (Å²) in [6, 6.07) is 38.4. The minimum atomic E-state index is -1.91. The molecule has 0 N–H and O–H groups in total. The van der Waals surface area contributed by atoms with E-state index in [1.807, 2.05) is 36.5 Å². The van der Waals surface area contributed by atoms with Crippen molar-refractivity contribution in [2.24, 2.45) is 11.8 Å². The van der Waals surface area contributed by atoms with Crippen LogP contribution >= 0.6 is 0 Å². The van der Waals surface area contributed by atoms with Gasteiger partial charge in [0.25, 0.3) is 0 Å². The third kappa shape index (κ3) is 9.59. The van der Waals surface area contributed by atoms with Crippen LogP contribution in [0.3, 0.4) is 0 Å². The molecule has 7 aromatic rings. The molecule has 4 nitrogen and oxygen atoms in total. The predicted molar refractivity (Wildman–Crippen MR) is 243 cm³/mol. The fraction of sp³-hybridized carbons (Fsp3) is 0.365. The molecule has 0 bridgehead atoms. The van der Waals surface area contributed by atoms with Gasteiger partial charge in [-0.3, -0.25) is 0 Å². The van der Waals surface area contributed by atoms with Crippen molar-refractivity contribution in [1.29, 1.82) is 0 Å². The maximum atomic E-state index is 6.34. The third-order valence-corrected chi connectivity index (χ3v) is 16.2. The monoisotopic (exact) mass is 1010 g/mol. The van der Waals surface area contributed by atoms with E-state index >= 15 is 0 Å². The Morgan fingerprint density at radius 3 is 2.17 bits per heavy atom. The molecule has 0 saturated heterocycles. The van der Waals surface area contributed by atoms with Gasteiger partial charge < -0.3 is 9.40 Å². The Bertz CT molecular complexity index is 2480. The number of aromatic nitrogens is 3. The van der Waals surface area contributed by atoms with Gasteiger partial charge in [0, 0.05) is 37.3 Å². The van der Waals surface area contributed by atoms with Crippen LogP contribution in [0.15, 0.2) is 108 Å². The molecular formula is C52H59GeIrN3O-2. The SMILES string of the molecule is CC(C)(c1ccnc(-c2[c-]ccc3c2oc2nc(-c4ccccc4)ccc23)c1)C1CCCC1.CC(C)Cc1cc(-c2[c-]ccc(C(C)(C)C)c2)nc[c]1[Ge]([CH3])([CH3])[CH3].[Ir]. The second-order valence-electron chi connectivity index (χ2n) is 19.1. The second kappa shape index (κ2) is 17.8. The van der Waals surface area contributed by atoms with Gasteiger partial charge in [0.2, 0.25) is 5.71 Å². The van der Waals surface area contributed by atoms with Crippen LogP contribution in [0.25, 0.3) is 55.8 Å². The maximum absolute atomic E-state index is 6.34. The Morgan fingerprint density at radius 1 is 0.759 bits per heavy atom. The summed E-state index contributed by atoms with van der Waals surface area (Å²) < 4.78 is 7.88. The van der Waals surface area contributed by atoms with Crippen LogP contribution in [-0.2, 0) is 37.4 Å². The van der Waals surface area contributed by atoms with Crippen molar-refractivity contribution in [1.82, 2.24) is 15.0 Å². The summed E-state index contributed by atoms with van der Waals surface area (Å²) in [5.41, 5.74) is 11.9. The Kier molecular flexibility index (Phi) is 13.4. The molecule has 0 aliphatic heterocycles. The van der Waals surface area contributed by atoms with E-state index < -0.39 is 13.3 Å². The molecule has 0 unspecified atom stereocenters. The molecule has 1 aliphatic carbocycles. The molecule has 58 heavy (non-hydrogen) atoms. The van der Waals surface area contributed by atoms with Crippen LogP contribution in [0.2, 0.25) is 17.3 Å². The average Bonchev–Trinajstić information content (AvgIpc) is 3.87. The Labute approximate surface area is 363 Å². The van der Waals surface area contributed by atoms with Gasteiger partial charge in [-0.25, -0.2) is 4.98 Å². The summed E-state index contributed by atoms with van der Waals surface area (Å²) in [4.78, 5) is 14.4. The van der Waals surface area contributed by atoms with Crippen molar-refractivity contribution < 1.29 is 24.5 Å². The topological polar surface area (TPSA) is 51.8 Å². The Balaban J connectivity index is 0.000000203. The number of hydrogen-bond acceptors (Lipinski definition) is 4. The second-order valence-corrected chi connectivity index (χ2v) is 29.6. The van der Waals surface area contributed by atoms with Crippen molar-refractivity contribution in [2.75, 3.05) is 0 Å². The fourth-order valence-electron chi connectivity index (χ4n) is 8.44. The van der Waals surface area contributed by atoms with E-state index in [2.05, 4.69) is 145 Å². The molecule has 1 fully saturated rings. The molecule has 303 valence electrons. The van der Waals surface area contributed by atoms with Crippen molar-refractivity contribution in [2.45, 2.75) is 109 Å². The van der Waals surface area contributed by atoms with Gasteiger partial charge >= 0.3 is 151 Å². The van der Waals surface area contributed by atoms with E-state index in [0.29, 0.717) is 11.6 Å². The molecule has 0 atom stereocenters. The van der Waals surface area contributed by atoms with Crippen molar-refractivity contribution >= 4 is 39.7 Å². The number of pyridine rings is 3. The average molecular weight is 1010 g/mol. The zero-order valence-corrected chi connectivity index (χ0v) is 40.6. The predicted octanol–water partition coefficient (Wildman–Crippen LogP) is 13.6. The largest absolute Gasteiger partial charge is 0 e. The van der Waals surface area contributed by atoms with Gasteiger partial charge in [-0.05, 0) is 53.6 Å². The summed E-state index contributed by atoms with van der Waals surface area (Å²) in [6.07, 6.45) is 10.5. The van der Waals surface area contributed by atoms with Crippen molar-refractivity contribution in [3.05, 3.63) is 132 Å². The first kappa shape index (κ1) is 43.7. The van der Waals surface area contributed by atoms with Crippen LogP contribution in [0, 0.1) is 24.0 Å². The number of benzene rings is 3. The molecule has 4 aromatic heterocycles. The van der Waals surface area contributed by atoms with E-state index in [1.165, 1.54) is 42.4 Å². The van der Waals surface area contributed by atoms with Crippen LogP contribution < -0.4 is 4.40 Å². The first-order valence-corrected chi connectivity index (χ1v) is 28.2. The first-order chi connectivity index (χ1) is 27.1. The fourth-order valence-corrected chi connectivity index (χ4v) is 11.8. The van der Waals surface area contributed by atoms with Gasteiger partial charge in [-0.2, -0.15) is 0 Å². The van der Waals surface area contributed by atoms with Crippen LogP contribution in [-0.4, -0.2) is 28.2 Å². The summed E-state index contributed by atoms with van der Waals surface area (Å²) in [7, 11) is 0. The smallest absolute Gasteiger partial charge is 0 e. The summed E-state index contributed by atoms with van der Waals surface area (Å²) in [5.74, 6) is 8.74. The normalized spacial score (nSPS) is 13.8.